The first-order valence-electron chi connectivity index (χ1n) is 4.84. The van der Waals surface area contributed by atoms with Crippen LogP contribution in [-0.2, 0) is 4.74 Å². The molecule has 13 heavy (non-hydrogen) atoms. The van der Waals surface area contributed by atoms with Gasteiger partial charge in [-0.3, -0.25) is 0 Å². The molecule has 1 aliphatic carbocycles. The Morgan fingerprint density at radius 3 is 2.69 bits per heavy atom. The van der Waals surface area contributed by atoms with Crippen molar-refractivity contribution in [3.63, 3.8) is 0 Å². The summed E-state index contributed by atoms with van der Waals surface area (Å²) < 4.78 is 19.0. The van der Waals surface area contributed by atoms with Crippen molar-refractivity contribution in [3.8, 4) is 0 Å². The highest BCUT2D eigenvalue weighted by Crippen LogP contribution is 2.38. The smallest absolute Gasteiger partial charge is 0.134 e. The van der Waals surface area contributed by atoms with Gasteiger partial charge in [0.25, 0.3) is 0 Å². The van der Waals surface area contributed by atoms with Gasteiger partial charge in [-0.1, -0.05) is 12.2 Å². The summed E-state index contributed by atoms with van der Waals surface area (Å²) in [7, 11) is 1.59. The lowest BCUT2D eigenvalue weighted by molar-refractivity contribution is -0.0640. The largest absolute Gasteiger partial charge is 0.378 e. The van der Waals surface area contributed by atoms with Gasteiger partial charge in [0.05, 0.1) is 6.10 Å². The maximum absolute atomic E-state index is 13.8. The van der Waals surface area contributed by atoms with Crippen LogP contribution in [0.25, 0.3) is 0 Å². The van der Waals surface area contributed by atoms with Gasteiger partial charge in [0, 0.05) is 7.11 Å². The van der Waals surface area contributed by atoms with Crippen molar-refractivity contribution in [2.24, 2.45) is 5.92 Å². The lowest BCUT2D eigenvalue weighted by atomic mass is 9.76. The highest BCUT2D eigenvalue weighted by molar-refractivity contribution is 5.03. The molecule has 0 heterocycles. The number of methoxy groups -OCH3 is 1. The van der Waals surface area contributed by atoms with E-state index in [0.717, 1.165) is 18.4 Å². The molecule has 0 radical (unpaired) electrons. The number of alkyl halides is 1. The number of ether oxygens (including phenoxy) is 1. The summed E-state index contributed by atoms with van der Waals surface area (Å²) in [6.07, 6.45) is 2.01. The molecule has 1 fully saturated rings. The number of hydrogen-bond donors (Lipinski definition) is 0. The molecular weight excluding hydrogens is 167 g/mol. The second-order valence-electron chi connectivity index (χ2n) is 4.32. The Morgan fingerprint density at radius 2 is 2.23 bits per heavy atom. The molecule has 0 aliphatic heterocycles. The summed E-state index contributed by atoms with van der Waals surface area (Å²) in [6, 6.07) is 0. The van der Waals surface area contributed by atoms with Gasteiger partial charge in [0.2, 0.25) is 0 Å². The van der Waals surface area contributed by atoms with Crippen molar-refractivity contribution in [1.82, 2.24) is 0 Å². The summed E-state index contributed by atoms with van der Waals surface area (Å²) in [5.74, 6) is 0.439. The fraction of sp³-hybridized carbons (Fsp3) is 0.818. The maximum atomic E-state index is 13.8. The molecule has 3 atom stereocenters. The van der Waals surface area contributed by atoms with E-state index < -0.39 is 5.67 Å². The van der Waals surface area contributed by atoms with E-state index in [1.165, 1.54) is 0 Å². The normalized spacial score (nSPS) is 40.3. The molecule has 1 nitrogen and oxygen atoms in total. The molecule has 1 aliphatic rings. The van der Waals surface area contributed by atoms with Crippen molar-refractivity contribution in [3.05, 3.63) is 12.2 Å². The van der Waals surface area contributed by atoms with Crippen LogP contribution in [0.4, 0.5) is 4.39 Å². The van der Waals surface area contributed by atoms with Gasteiger partial charge in [-0.15, -0.1) is 0 Å². The number of halogens is 1. The summed E-state index contributed by atoms with van der Waals surface area (Å²) in [6.45, 7) is 7.56. The first-order chi connectivity index (χ1) is 5.97. The molecule has 0 amide bonds. The summed E-state index contributed by atoms with van der Waals surface area (Å²) in [5.41, 5.74) is -0.00157. The van der Waals surface area contributed by atoms with Crippen molar-refractivity contribution < 1.29 is 9.13 Å². The monoisotopic (exact) mass is 186 g/mol. The van der Waals surface area contributed by atoms with Crippen LogP contribution in [0.3, 0.4) is 0 Å². The van der Waals surface area contributed by atoms with Crippen molar-refractivity contribution in [2.45, 2.75) is 44.9 Å². The minimum Gasteiger partial charge on any atom is -0.378 e. The number of allylic oxidation sites excluding steroid dienone is 1. The SMILES string of the molecule is C=C(C)C1CCC(C)(F)C(OC)C1. The molecule has 0 bridgehead atoms. The van der Waals surface area contributed by atoms with E-state index in [4.69, 9.17) is 4.74 Å². The van der Waals surface area contributed by atoms with Crippen LogP contribution >= 0.6 is 0 Å². The summed E-state index contributed by atoms with van der Waals surface area (Å²) in [4.78, 5) is 0. The van der Waals surface area contributed by atoms with Crippen LogP contribution in [0.5, 0.6) is 0 Å². The quantitative estimate of drug-likeness (QED) is 0.602. The lowest BCUT2D eigenvalue weighted by Crippen LogP contribution is -2.42. The van der Waals surface area contributed by atoms with Crippen LogP contribution in [0.2, 0.25) is 0 Å². The molecule has 0 saturated heterocycles. The topological polar surface area (TPSA) is 9.23 Å². The van der Waals surface area contributed by atoms with E-state index in [-0.39, 0.29) is 6.10 Å². The van der Waals surface area contributed by atoms with Gasteiger partial charge >= 0.3 is 0 Å². The third kappa shape index (κ3) is 2.31. The predicted octanol–water partition coefficient (Wildman–Crippen LogP) is 3.11. The van der Waals surface area contributed by atoms with Gasteiger partial charge < -0.3 is 4.74 Å². The molecule has 0 N–H and O–H groups in total. The predicted molar refractivity (Wildman–Crippen MR) is 52.5 cm³/mol. The average Bonchev–Trinajstić information content (AvgIpc) is 2.03. The Morgan fingerprint density at radius 1 is 1.62 bits per heavy atom. The van der Waals surface area contributed by atoms with E-state index >= 15 is 0 Å². The Bertz CT molecular complexity index is 198. The molecule has 0 spiro atoms. The molecule has 1 saturated carbocycles. The highest BCUT2D eigenvalue weighted by Gasteiger charge is 2.40. The fourth-order valence-corrected chi connectivity index (χ4v) is 2.03. The minimum atomic E-state index is -1.15. The van der Waals surface area contributed by atoms with Crippen LogP contribution in [0.1, 0.15) is 33.1 Å². The molecule has 3 unspecified atom stereocenters. The van der Waals surface area contributed by atoms with E-state index in [9.17, 15) is 4.39 Å². The van der Waals surface area contributed by atoms with Gasteiger partial charge in [-0.25, -0.2) is 4.39 Å². The Hall–Kier alpha value is -0.370. The lowest BCUT2D eigenvalue weighted by Gasteiger charge is -2.38. The number of rotatable bonds is 2. The Balaban J connectivity index is 2.63. The molecule has 1 rings (SSSR count). The standard InChI is InChI=1S/C11H19FO/c1-8(2)9-5-6-11(3,12)10(7-9)13-4/h9-10H,1,5-7H2,2-4H3. The van der Waals surface area contributed by atoms with Gasteiger partial charge in [0.1, 0.15) is 5.67 Å². The zero-order valence-electron chi connectivity index (χ0n) is 8.77. The summed E-state index contributed by atoms with van der Waals surface area (Å²) in [5, 5.41) is 0. The van der Waals surface area contributed by atoms with E-state index in [1.54, 1.807) is 14.0 Å². The molecular formula is C11H19FO. The minimum absolute atomic E-state index is 0.261. The molecule has 0 aromatic rings. The van der Waals surface area contributed by atoms with Crippen LogP contribution in [0, 0.1) is 5.92 Å². The first-order valence-corrected chi connectivity index (χ1v) is 4.84. The van der Waals surface area contributed by atoms with Crippen molar-refractivity contribution in [1.29, 1.82) is 0 Å². The Labute approximate surface area is 80.0 Å². The Kier molecular flexibility index (Phi) is 3.12. The summed E-state index contributed by atoms with van der Waals surface area (Å²) >= 11 is 0. The second-order valence-corrected chi connectivity index (χ2v) is 4.32. The van der Waals surface area contributed by atoms with E-state index in [2.05, 4.69) is 6.58 Å². The highest BCUT2D eigenvalue weighted by atomic mass is 19.1. The van der Waals surface area contributed by atoms with E-state index in [0.29, 0.717) is 12.3 Å². The zero-order valence-corrected chi connectivity index (χ0v) is 8.77. The van der Waals surface area contributed by atoms with E-state index in [1.807, 2.05) is 6.92 Å². The molecule has 2 heteroatoms. The average molecular weight is 186 g/mol. The molecule has 0 aromatic carbocycles. The van der Waals surface area contributed by atoms with Crippen LogP contribution in [-0.4, -0.2) is 18.9 Å². The fourth-order valence-electron chi connectivity index (χ4n) is 2.03. The van der Waals surface area contributed by atoms with Gasteiger partial charge in [0.15, 0.2) is 0 Å². The van der Waals surface area contributed by atoms with Crippen molar-refractivity contribution in [2.75, 3.05) is 7.11 Å². The second kappa shape index (κ2) is 3.79. The molecule has 0 aromatic heterocycles. The molecule has 76 valence electrons. The van der Waals surface area contributed by atoms with Gasteiger partial charge in [-0.05, 0) is 39.0 Å². The van der Waals surface area contributed by atoms with Gasteiger partial charge in [-0.2, -0.15) is 0 Å². The first kappa shape index (κ1) is 10.7. The third-order valence-corrected chi connectivity index (χ3v) is 3.13. The zero-order chi connectivity index (χ0) is 10.1. The third-order valence-electron chi connectivity index (χ3n) is 3.13. The maximum Gasteiger partial charge on any atom is 0.134 e. The van der Waals surface area contributed by atoms with Crippen LogP contribution in [0.15, 0.2) is 12.2 Å². The van der Waals surface area contributed by atoms with Crippen LogP contribution < -0.4 is 0 Å². The van der Waals surface area contributed by atoms with Crippen molar-refractivity contribution >= 4 is 0 Å². The number of hydrogen-bond acceptors (Lipinski definition) is 1.